The van der Waals surface area contributed by atoms with Gasteiger partial charge in [0.1, 0.15) is 6.29 Å². The van der Waals surface area contributed by atoms with E-state index in [4.69, 9.17) is 0 Å². The Kier molecular flexibility index (Phi) is 3.62. The Morgan fingerprint density at radius 1 is 1.28 bits per heavy atom. The van der Waals surface area contributed by atoms with E-state index in [1.165, 1.54) is 0 Å². The van der Waals surface area contributed by atoms with Gasteiger partial charge in [0.05, 0.1) is 10.7 Å². The van der Waals surface area contributed by atoms with Crippen LogP contribution in [-0.2, 0) is 11.8 Å². The lowest BCUT2D eigenvalue weighted by Gasteiger charge is -2.14. The average molecular weight is 259 g/mol. The summed E-state index contributed by atoms with van der Waals surface area (Å²) >= 11 is 1.66. The molecular weight excluding hydrogens is 242 g/mol. The van der Waals surface area contributed by atoms with Crippen molar-refractivity contribution in [3.05, 3.63) is 51.5 Å². The van der Waals surface area contributed by atoms with Gasteiger partial charge in [-0.3, -0.25) is 4.79 Å². The summed E-state index contributed by atoms with van der Waals surface area (Å²) in [5.41, 5.74) is 3.00. The summed E-state index contributed by atoms with van der Waals surface area (Å²) in [4.78, 5) is 15.6. The number of rotatable bonds is 3. The van der Waals surface area contributed by atoms with Gasteiger partial charge in [-0.15, -0.1) is 11.3 Å². The molecule has 2 aromatic rings. The van der Waals surface area contributed by atoms with Crippen molar-refractivity contribution in [1.29, 1.82) is 0 Å². The van der Waals surface area contributed by atoms with Crippen molar-refractivity contribution in [2.45, 2.75) is 32.6 Å². The zero-order valence-electron chi connectivity index (χ0n) is 10.9. The van der Waals surface area contributed by atoms with Gasteiger partial charge in [0.25, 0.3) is 0 Å². The third kappa shape index (κ3) is 2.85. The predicted octanol–water partition coefficient (Wildman–Crippen LogP) is 3.84. The molecule has 0 atom stereocenters. The van der Waals surface area contributed by atoms with Crippen LogP contribution in [0.4, 0.5) is 0 Å². The van der Waals surface area contributed by atoms with Gasteiger partial charge in [0.15, 0.2) is 0 Å². The minimum Gasteiger partial charge on any atom is -0.298 e. The molecule has 0 radical (unpaired) electrons. The van der Waals surface area contributed by atoms with Crippen LogP contribution in [0.1, 0.15) is 47.4 Å². The maximum absolute atomic E-state index is 11.0. The SMILES string of the molecule is CC(C)(C)c1csc(Cc2ccccc2C=O)n1. The maximum atomic E-state index is 11.0. The van der Waals surface area contributed by atoms with Crippen LogP contribution in [0.3, 0.4) is 0 Å². The van der Waals surface area contributed by atoms with Crippen molar-refractivity contribution in [2.24, 2.45) is 0 Å². The standard InChI is InChI=1S/C15H17NOS/c1-15(2,3)13-10-18-14(16-13)8-11-6-4-5-7-12(11)9-17/h4-7,9-10H,8H2,1-3H3. The molecule has 2 rings (SSSR count). The smallest absolute Gasteiger partial charge is 0.150 e. The fourth-order valence-electron chi connectivity index (χ4n) is 1.71. The van der Waals surface area contributed by atoms with Crippen LogP contribution in [0.5, 0.6) is 0 Å². The molecule has 0 N–H and O–H groups in total. The highest BCUT2D eigenvalue weighted by atomic mass is 32.1. The van der Waals surface area contributed by atoms with Gasteiger partial charge in [-0.2, -0.15) is 0 Å². The lowest BCUT2D eigenvalue weighted by Crippen LogP contribution is -2.11. The van der Waals surface area contributed by atoms with Gasteiger partial charge in [-0.1, -0.05) is 45.0 Å². The monoisotopic (exact) mass is 259 g/mol. The van der Waals surface area contributed by atoms with E-state index in [1.807, 2.05) is 24.3 Å². The van der Waals surface area contributed by atoms with Crippen LogP contribution in [0.15, 0.2) is 29.6 Å². The van der Waals surface area contributed by atoms with Crippen molar-refractivity contribution in [3.8, 4) is 0 Å². The number of carbonyl (C=O) groups excluding carboxylic acids is 1. The van der Waals surface area contributed by atoms with E-state index in [2.05, 4.69) is 31.1 Å². The van der Waals surface area contributed by atoms with E-state index in [1.54, 1.807) is 11.3 Å². The molecule has 0 unspecified atom stereocenters. The van der Waals surface area contributed by atoms with Gasteiger partial charge in [-0.25, -0.2) is 4.98 Å². The first-order valence-corrected chi connectivity index (χ1v) is 6.86. The van der Waals surface area contributed by atoms with Crippen LogP contribution in [-0.4, -0.2) is 11.3 Å². The quantitative estimate of drug-likeness (QED) is 0.784. The van der Waals surface area contributed by atoms with Gasteiger partial charge >= 0.3 is 0 Å². The Morgan fingerprint density at radius 2 is 2.00 bits per heavy atom. The molecular formula is C15H17NOS. The number of hydrogen-bond donors (Lipinski definition) is 0. The third-order valence-corrected chi connectivity index (χ3v) is 3.69. The van der Waals surface area contributed by atoms with Crippen molar-refractivity contribution in [2.75, 3.05) is 0 Å². The number of benzene rings is 1. The van der Waals surface area contributed by atoms with Crippen LogP contribution < -0.4 is 0 Å². The van der Waals surface area contributed by atoms with E-state index in [0.717, 1.165) is 34.5 Å². The lowest BCUT2D eigenvalue weighted by molar-refractivity contribution is 0.112. The van der Waals surface area contributed by atoms with Crippen LogP contribution in [0, 0.1) is 0 Å². The Bertz CT molecular complexity index is 552. The molecule has 3 heteroatoms. The average Bonchev–Trinajstić information content (AvgIpc) is 2.78. The Morgan fingerprint density at radius 3 is 2.61 bits per heavy atom. The summed E-state index contributed by atoms with van der Waals surface area (Å²) in [6, 6.07) is 7.68. The number of aldehydes is 1. The second-order valence-electron chi connectivity index (χ2n) is 5.37. The molecule has 1 aromatic carbocycles. The topological polar surface area (TPSA) is 30.0 Å². The van der Waals surface area contributed by atoms with Gasteiger partial charge in [0.2, 0.25) is 0 Å². The van der Waals surface area contributed by atoms with E-state index >= 15 is 0 Å². The van der Waals surface area contributed by atoms with Crippen molar-refractivity contribution in [3.63, 3.8) is 0 Å². The first kappa shape index (κ1) is 13.0. The largest absolute Gasteiger partial charge is 0.298 e. The zero-order chi connectivity index (χ0) is 13.2. The molecule has 0 saturated heterocycles. The van der Waals surface area contributed by atoms with E-state index < -0.39 is 0 Å². The Labute approximate surface area is 112 Å². The van der Waals surface area contributed by atoms with Crippen molar-refractivity contribution >= 4 is 17.6 Å². The number of thiazole rings is 1. The second-order valence-corrected chi connectivity index (χ2v) is 6.31. The van der Waals surface area contributed by atoms with Gasteiger partial charge < -0.3 is 0 Å². The van der Waals surface area contributed by atoms with E-state index in [-0.39, 0.29) is 5.41 Å². The minimum absolute atomic E-state index is 0.0823. The summed E-state index contributed by atoms with van der Waals surface area (Å²) in [5.74, 6) is 0. The fourth-order valence-corrected chi connectivity index (χ4v) is 2.75. The molecule has 0 bridgehead atoms. The van der Waals surface area contributed by atoms with Gasteiger partial charge in [-0.05, 0) is 5.56 Å². The molecule has 1 aromatic heterocycles. The molecule has 0 aliphatic carbocycles. The fraction of sp³-hybridized carbons (Fsp3) is 0.333. The van der Waals surface area contributed by atoms with Crippen LogP contribution >= 0.6 is 11.3 Å². The number of hydrogen-bond acceptors (Lipinski definition) is 3. The Hall–Kier alpha value is -1.48. The molecule has 0 fully saturated rings. The number of aromatic nitrogens is 1. The van der Waals surface area contributed by atoms with Crippen LogP contribution in [0.25, 0.3) is 0 Å². The highest BCUT2D eigenvalue weighted by molar-refractivity contribution is 7.09. The van der Waals surface area contributed by atoms with Gasteiger partial charge in [0, 0.05) is 22.8 Å². The molecule has 94 valence electrons. The number of carbonyl (C=O) groups is 1. The molecule has 0 amide bonds. The molecule has 0 aliphatic rings. The molecule has 0 spiro atoms. The Balaban J connectivity index is 2.24. The summed E-state index contributed by atoms with van der Waals surface area (Å²) < 4.78 is 0. The van der Waals surface area contributed by atoms with Crippen molar-refractivity contribution < 1.29 is 4.79 Å². The summed E-state index contributed by atoms with van der Waals surface area (Å²) in [5, 5.41) is 3.17. The summed E-state index contributed by atoms with van der Waals surface area (Å²) in [6.45, 7) is 6.47. The van der Waals surface area contributed by atoms with Crippen molar-refractivity contribution in [1.82, 2.24) is 4.98 Å². The molecule has 0 saturated carbocycles. The minimum atomic E-state index is 0.0823. The molecule has 18 heavy (non-hydrogen) atoms. The zero-order valence-corrected chi connectivity index (χ0v) is 11.8. The maximum Gasteiger partial charge on any atom is 0.150 e. The lowest BCUT2D eigenvalue weighted by atomic mass is 9.93. The highest BCUT2D eigenvalue weighted by Gasteiger charge is 2.17. The first-order valence-electron chi connectivity index (χ1n) is 5.98. The predicted molar refractivity (Wildman–Crippen MR) is 75.4 cm³/mol. The van der Waals surface area contributed by atoms with E-state index in [9.17, 15) is 4.79 Å². The van der Waals surface area contributed by atoms with Crippen LogP contribution in [0.2, 0.25) is 0 Å². The molecule has 2 nitrogen and oxygen atoms in total. The normalized spacial score (nSPS) is 11.5. The highest BCUT2D eigenvalue weighted by Crippen LogP contribution is 2.25. The molecule has 0 aliphatic heterocycles. The summed E-state index contributed by atoms with van der Waals surface area (Å²) in [6.07, 6.45) is 1.64. The third-order valence-electron chi connectivity index (χ3n) is 2.84. The second kappa shape index (κ2) is 5.02. The van der Waals surface area contributed by atoms with E-state index in [0.29, 0.717) is 0 Å². The number of nitrogens with zero attached hydrogens (tertiary/aromatic N) is 1. The summed E-state index contributed by atoms with van der Waals surface area (Å²) in [7, 11) is 0. The first-order chi connectivity index (χ1) is 8.50. The molecule has 1 heterocycles.